The highest BCUT2D eigenvalue weighted by molar-refractivity contribution is 7.68. The number of rotatable bonds is 5. The molecule has 116 valence electrons. The summed E-state index contributed by atoms with van der Waals surface area (Å²) in [5, 5.41) is 3.57. The summed E-state index contributed by atoms with van der Waals surface area (Å²) in [6.07, 6.45) is 0. The first kappa shape index (κ1) is 15.3. The standard InChI is InChI=1S/C18H17N2O2P/c1-15-9-8-14-18(19-15)20-23(21,17-12-6-3-7-13-17)22-16-10-4-2-5-11-16/h2-14H,1H3,(H,19,20,21). The highest BCUT2D eigenvalue weighted by Gasteiger charge is 2.28. The van der Waals surface area contributed by atoms with Crippen LogP contribution in [0.25, 0.3) is 0 Å². The molecule has 4 nitrogen and oxygen atoms in total. The quantitative estimate of drug-likeness (QED) is 0.707. The van der Waals surface area contributed by atoms with E-state index in [2.05, 4.69) is 10.1 Å². The summed E-state index contributed by atoms with van der Waals surface area (Å²) in [5.41, 5.74) is 0.842. The van der Waals surface area contributed by atoms with Crippen LogP contribution in [0.3, 0.4) is 0 Å². The number of aryl methyl sites for hydroxylation is 1. The van der Waals surface area contributed by atoms with Gasteiger partial charge < -0.3 is 4.52 Å². The van der Waals surface area contributed by atoms with Gasteiger partial charge in [-0.05, 0) is 43.3 Å². The molecule has 0 aliphatic rings. The number of pyridine rings is 1. The van der Waals surface area contributed by atoms with Crippen molar-refractivity contribution in [2.45, 2.75) is 6.92 Å². The fourth-order valence-corrected chi connectivity index (χ4v) is 3.84. The topological polar surface area (TPSA) is 51.2 Å². The van der Waals surface area contributed by atoms with E-state index in [0.717, 1.165) is 5.69 Å². The van der Waals surface area contributed by atoms with Gasteiger partial charge >= 0.3 is 7.52 Å². The molecule has 2 aromatic carbocycles. The number of aromatic nitrogens is 1. The summed E-state index contributed by atoms with van der Waals surface area (Å²) in [4.78, 5) is 4.36. The minimum Gasteiger partial charge on any atom is -0.426 e. The molecule has 0 bridgehead atoms. The van der Waals surface area contributed by atoms with Crippen LogP contribution in [-0.2, 0) is 4.57 Å². The maximum atomic E-state index is 13.5. The highest BCUT2D eigenvalue weighted by Crippen LogP contribution is 2.45. The first-order valence-electron chi connectivity index (χ1n) is 7.28. The van der Waals surface area contributed by atoms with Crippen LogP contribution in [0.4, 0.5) is 5.82 Å². The van der Waals surface area contributed by atoms with Gasteiger partial charge in [-0.25, -0.2) is 9.55 Å². The van der Waals surface area contributed by atoms with Crippen LogP contribution >= 0.6 is 7.52 Å². The third-order valence-electron chi connectivity index (χ3n) is 3.22. The lowest BCUT2D eigenvalue weighted by Crippen LogP contribution is -2.17. The van der Waals surface area contributed by atoms with E-state index in [1.54, 1.807) is 30.3 Å². The predicted octanol–water partition coefficient (Wildman–Crippen LogP) is 4.40. The Balaban J connectivity index is 1.98. The largest absolute Gasteiger partial charge is 0.426 e. The molecule has 0 saturated heterocycles. The Hall–Kier alpha value is -2.58. The second-order valence-electron chi connectivity index (χ2n) is 5.07. The van der Waals surface area contributed by atoms with Crippen molar-refractivity contribution < 1.29 is 9.09 Å². The molecule has 1 unspecified atom stereocenters. The van der Waals surface area contributed by atoms with Crippen molar-refractivity contribution in [2.24, 2.45) is 0 Å². The number of nitrogens with zero attached hydrogens (tertiary/aromatic N) is 1. The van der Waals surface area contributed by atoms with Crippen LogP contribution in [0.15, 0.2) is 78.9 Å². The third kappa shape index (κ3) is 3.79. The summed E-state index contributed by atoms with van der Waals surface area (Å²) in [7, 11) is -3.35. The number of benzene rings is 2. The molecule has 0 spiro atoms. The molecule has 1 N–H and O–H groups in total. The summed E-state index contributed by atoms with van der Waals surface area (Å²) in [6, 6.07) is 23.8. The molecule has 0 aliphatic heterocycles. The van der Waals surface area contributed by atoms with Crippen molar-refractivity contribution in [3.63, 3.8) is 0 Å². The molecule has 1 heterocycles. The van der Waals surface area contributed by atoms with Crippen molar-refractivity contribution in [2.75, 3.05) is 5.09 Å². The summed E-state index contributed by atoms with van der Waals surface area (Å²) >= 11 is 0. The van der Waals surface area contributed by atoms with Gasteiger partial charge in [-0.15, -0.1) is 0 Å². The second-order valence-corrected chi connectivity index (χ2v) is 7.09. The zero-order valence-corrected chi connectivity index (χ0v) is 13.6. The minimum absolute atomic E-state index is 0.521. The number of nitrogens with one attached hydrogen (secondary N) is 1. The molecule has 3 aromatic rings. The fraction of sp³-hybridized carbons (Fsp3) is 0.0556. The van der Waals surface area contributed by atoms with E-state index in [1.807, 2.05) is 55.5 Å². The number of para-hydroxylation sites is 1. The molecule has 0 fully saturated rings. The maximum absolute atomic E-state index is 13.5. The molecule has 0 aliphatic carbocycles. The van der Waals surface area contributed by atoms with Gasteiger partial charge in [0.2, 0.25) is 0 Å². The van der Waals surface area contributed by atoms with E-state index in [4.69, 9.17) is 4.52 Å². The van der Waals surface area contributed by atoms with Crippen molar-refractivity contribution in [3.8, 4) is 5.75 Å². The lowest BCUT2D eigenvalue weighted by Gasteiger charge is -2.21. The molecular formula is C18H17N2O2P. The smallest absolute Gasteiger partial charge is 0.372 e. The van der Waals surface area contributed by atoms with Crippen LogP contribution in [0.2, 0.25) is 0 Å². The van der Waals surface area contributed by atoms with Gasteiger partial charge in [-0.3, -0.25) is 5.09 Å². The van der Waals surface area contributed by atoms with Gasteiger partial charge in [-0.1, -0.05) is 42.5 Å². The van der Waals surface area contributed by atoms with E-state index in [1.165, 1.54) is 0 Å². The van der Waals surface area contributed by atoms with E-state index < -0.39 is 7.52 Å². The Labute approximate surface area is 135 Å². The molecule has 23 heavy (non-hydrogen) atoms. The molecule has 0 radical (unpaired) electrons. The molecule has 5 heteroatoms. The second kappa shape index (κ2) is 6.67. The van der Waals surface area contributed by atoms with Gasteiger partial charge in [-0.2, -0.15) is 0 Å². The monoisotopic (exact) mass is 324 g/mol. The number of hydrogen-bond acceptors (Lipinski definition) is 3. The van der Waals surface area contributed by atoms with E-state index in [9.17, 15) is 4.57 Å². The Morgan fingerprint density at radius 3 is 2.17 bits per heavy atom. The fourth-order valence-electron chi connectivity index (χ4n) is 2.15. The van der Waals surface area contributed by atoms with Gasteiger partial charge in [0.1, 0.15) is 11.6 Å². The highest BCUT2D eigenvalue weighted by atomic mass is 31.2. The predicted molar refractivity (Wildman–Crippen MR) is 93.3 cm³/mol. The third-order valence-corrected chi connectivity index (χ3v) is 5.19. The Morgan fingerprint density at radius 2 is 1.52 bits per heavy atom. The van der Waals surface area contributed by atoms with Crippen LogP contribution < -0.4 is 14.9 Å². The molecule has 1 aromatic heterocycles. The summed E-state index contributed by atoms with van der Waals surface area (Å²) in [5.74, 6) is 1.06. The van der Waals surface area contributed by atoms with E-state index in [0.29, 0.717) is 16.9 Å². The lowest BCUT2D eigenvalue weighted by atomic mass is 10.3. The van der Waals surface area contributed by atoms with Gasteiger partial charge in [0.05, 0.1) is 5.30 Å². The van der Waals surface area contributed by atoms with Crippen LogP contribution in [0.5, 0.6) is 5.75 Å². The van der Waals surface area contributed by atoms with Crippen molar-refractivity contribution in [1.29, 1.82) is 0 Å². The van der Waals surface area contributed by atoms with Crippen LogP contribution in [-0.4, -0.2) is 4.98 Å². The summed E-state index contributed by atoms with van der Waals surface area (Å²) < 4.78 is 19.3. The Bertz CT molecular complexity index is 823. The van der Waals surface area contributed by atoms with Crippen molar-refractivity contribution >= 4 is 18.6 Å². The van der Waals surface area contributed by atoms with E-state index in [-0.39, 0.29) is 0 Å². The zero-order chi connectivity index (χ0) is 16.1. The number of anilines is 1. The maximum Gasteiger partial charge on any atom is 0.372 e. The Kier molecular flexibility index (Phi) is 4.45. The van der Waals surface area contributed by atoms with Gasteiger partial charge in [0, 0.05) is 5.69 Å². The zero-order valence-electron chi connectivity index (χ0n) is 12.7. The minimum atomic E-state index is -3.35. The summed E-state index contributed by atoms with van der Waals surface area (Å²) in [6.45, 7) is 1.89. The average Bonchev–Trinajstić information content (AvgIpc) is 2.56. The first-order chi connectivity index (χ1) is 11.2. The van der Waals surface area contributed by atoms with Crippen LogP contribution in [0, 0.1) is 6.92 Å². The Morgan fingerprint density at radius 1 is 0.870 bits per heavy atom. The normalized spacial score (nSPS) is 13.1. The molecule has 1 atom stereocenters. The van der Waals surface area contributed by atoms with Gasteiger partial charge in [0.25, 0.3) is 0 Å². The van der Waals surface area contributed by atoms with Crippen molar-refractivity contribution in [3.05, 3.63) is 84.6 Å². The SMILES string of the molecule is Cc1cccc(NP(=O)(Oc2ccccc2)c2ccccc2)n1. The first-order valence-corrected chi connectivity index (χ1v) is 8.90. The lowest BCUT2D eigenvalue weighted by molar-refractivity contribution is 0.498. The van der Waals surface area contributed by atoms with E-state index >= 15 is 0 Å². The number of hydrogen-bond donors (Lipinski definition) is 1. The van der Waals surface area contributed by atoms with Crippen molar-refractivity contribution in [1.82, 2.24) is 4.98 Å². The molecule has 0 saturated carbocycles. The molecule has 3 rings (SSSR count). The molecular weight excluding hydrogens is 307 g/mol. The molecule has 0 amide bonds. The van der Waals surface area contributed by atoms with Crippen LogP contribution in [0.1, 0.15) is 5.69 Å². The van der Waals surface area contributed by atoms with Gasteiger partial charge in [0.15, 0.2) is 0 Å². The average molecular weight is 324 g/mol.